The second-order valence-corrected chi connectivity index (χ2v) is 5.47. The first-order valence-corrected chi connectivity index (χ1v) is 6.57. The fourth-order valence-corrected chi connectivity index (χ4v) is 2.98. The molecule has 0 amide bonds. The Balaban J connectivity index is 2.01. The quantitative estimate of drug-likeness (QED) is 0.831. The van der Waals surface area contributed by atoms with Gasteiger partial charge in [-0.05, 0) is 24.5 Å². The summed E-state index contributed by atoms with van der Waals surface area (Å²) in [6.07, 6.45) is 1.11. The average Bonchev–Trinajstić information content (AvgIpc) is 2.66. The van der Waals surface area contributed by atoms with Crippen molar-refractivity contribution < 1.29 is 0 Å². The van der Waals surface area contributed by atoms with Crippen LogP contribution in [0.4, 0.5) is 5.95 Å². The van der Waals surface area contributed by atoms with Crippen molar-refractivity contribution in [3.8, 4) is 0 Å². The number of nitrogens with zero attached hydrogens (tertiary/aromatic N) is 3. The van der Waals surface area contributed by atoms with E-state index in [-0.39, 0.29) is 6.04 Å². The van der Waals surface area contributed by atoms with Crippen molar-refractivity contribution in [2.45, 2.75) is 19.4 Å². The number of imidazole rings is 1. The fraction of sp³-hybridized carbons (Fsp3) is 0.500. The molecule has 4 nitrogen and oxygen atoms in total. The van der Waals surface area contributed by atoms with Crippen LogP contribution >= 0.6 is 0 Å². The Morgan fingerprint density at radius 1 is 1.28 bits per heavy atom. The van der Waals surface area contributed by atoms with E-state index in [2.05, 4.69) is 41.6 Å². The summed E-state index contributed by atoms with van der Waals surface area (Å²) in [6, 6.07) is 8.52. The van der Waals surface area contributed by atoms with Crippen LogP contribution in [-0.4, -0.2) is 28.7 Å². The summed E-state index contributed by atoms with van der Waals surface area (Å²) in [4.78, 5) is 7.06. The maximum atomic E-state index is 6.12. The zero-order valence-electron chi connectivity index (χ0n) is 11.0. The van der Waals surface area contributed by atoms with Crippen LogP contribution in [0.1, 0.15) is 13.3 Å². The maximum absolute atomic E-state index is 6.12. The number of aryl methyl sites for hydroxylation is 1. The number of aromatic nitrogens is 2. The predicted octanol–water partition coefficient (Wildman–Crippen LogP) is 1.75. The number of fused-ring (bicyclic) bond motifs is 1. The van der Waals surface area contributed by atoms with E-state index < -0.39 is 0 Å². The Bertz CT molecular complexity index is 550. The van der Waals surface area contributed by atoms with Gasteiger partial charge in [-0.2, -0.15) is 0 Å². The van der Waals surface area contributed by atoms with Crippen molar-refractivity contribution in [3.63, 3.8) is 0 Å². The van der Waals surface area contributed by atoms with Crippen LogP contribution in [0.5, 0.6) is 0 Å². The van der Waals surface area contributed by atoms with Crippen LogP contribution < -0.4 is 10.6 Å². The van der Waals surface area contributed by atoms with Crippen LogP contribution in [0.3, 0.4) is 0 Å². The highest BCUT2D eigenvalue weighted by molar-refractivity contribution is 5.78. The van der Waals surface area contributed by atoms with E-state index in [4.69, 9.17) is 10.7 Å². The lowest BCUT2D eigenvalue weighted by molar-refractivity contribution is 0.396. The van der Waals surface area contributed by atoms with Crippen LogP contribution in [-0.2, 0) is 7.05 Å². The maximum Gasteiger partial charge on any atom is 0.206 e. The first-order valence-electron chi connectivity index (χ1n) is 6.57. The molecule has 1 fully saturated rings. The second kappa shape index (κ2) is 4.28. The smallest absolute Gasteiger partial charge is 0.206 e. The minimum absolute atomic E-state index is 0.258. The van der Waals surface area contributed by atoms with Crippen LogP contribution in [0.15, 0.2) is 24.3 Å². The van der Waals surface area contributed by atoms with Gasteiger partial charge >= 0.3 is 0 Å². The van der Waals surface area contributed by atoms with E-state index in [9.17, 15) is 0 Å². The summed E-state index contributed by atoms with van der Waals surface area (Å²) in [5, 5.41) is 0. The molecule has 0 saturated carbocycles. The number of piperidine rings is 1. The lowest BCUT2D eigenvalue weighted by atomic mass is 9.97. The average molecular weight is 244 g/mol. The highest BCUT2D eigenvalue weighted by atomic mass is 15.3. The third kappa shape index (κ3) is 1.86. The lowest BCUT2D eigenvalue weighted by Crippen LogP contribution is -2.47. The summed E-state index contributed by atoms with van der Waals surface area (Å²) in [6.45, 7) is 4.21. The lowest BCUT2D eigenvalue weighted by Gasteiger charge is -2.35. The van der Waals surface area contributed by atoms with E-state index in [1.807, 2.05) is 6.07 Å². The molecule has 2 unspecified atom stereocenters. The topological polar surface area (TPSA) is 47.1 Å². The Kier molecular flexibility index (Phi) is 2.74. The monoisotopic (exact) mass is 244 g/mol. The Morgan fingerprint density at radius 2 is 2.06 bits per heavy atom. The molecule has 2 N–H and O–H groups in total. The minimum atomic E-state index is 0.258. The Hall–Kier alpha value is -1.55. The molecule has 3 rings (SSSR count). The second-order valence-electron chi connectivity index (χ2n) is 5.47. The molecule has 0 bridgehead atoms. The summed E-state index contributed by atoms with van der Waals surface area (Å²) in [7, 11) is 2.08. The van der Waals surface area contributed by atoms with Gasteiger partial charge in [0.15, 0.2) is 0 Å². The van der Waals surface area contributed by atoms with Gasteiger partial charge in [0.05, 0.1) is 11.0 Å². The third-order valence-electron chi connectivity index (χ3n) is 3.74. The van der Waals surface area contributed by atoms with Crippen LogP contribution in [0.25, 0.3) is 11.0 Å². The molecule has 1 aromatic heterocycles. The molecule has 1 aliphatic heterocycles. The van der Waals surface area contributed by atoms with E-state index in [0.29, 0.717) is 5.92 Å². The van der Waals surface area contributed by atoms with E-state index >= 15 is 0 Å². The van der Waals surface area contributed by atoms with Gasteiger partial charge in [0.2, 0.25) is 5.95 Å². The number of anilines is 1. The molecule has 2 atom stereocenters. The largest absolute Gasteiger partial charge is 0.340 e. The van der Waals surface area contributed by atoms with Gasteiger partial charge in [0, 0.05) is 26.2 Å². The van der Waals surface area contributed by atoms with E-state index in [1.165, 1.54) is 5.52 Å². The standard InChI is InChI=1S/C14H20N4/c1-10-7-11(15)9-18(8-10)14-16-12-5-3-4-6-13(12)17(14)2/h3-6,10-11H,7-9,15H2,1-2H3. The summed E-state index contributed by atoms with van der Waals surface area (Å²) in [5.74, 6) is 1.67. The van der Waals surface area contributed by atoms with Crippen molar-refractivity contribution in [2.24, 2.45) is 18.7 Å². The van der Waals surface area contributed by atoms with E-state index in [0.717, 1.165) is 31.0 Å². The number of benzene rings is 1. The molecule has 2 aromatic rings. The molecule has 4 heteroatoms. The molecule has 96 valence electrons. The van der Waals surface area contributed by atoms with E-state index in [1.54, 1.807) is 0 Å². The van der Waals surface area contributed by atoms with Gasteiger partial charge in [-0.25, -0.2) is 4.98 Å². The third-order valence-corrected chi connectivity index (χ3v) is 3.74. The predicted molar refractivity (Wildman–Crippen MR) is 74.7 cm³/mol. The number of hydrogen-bond donors (Lipinski definition) is 1. The van der Waals surface area contributed by atoms with Crippen LogP contribution in [0.2, 0.25) is 0 Å². The van der Waals surface area contributed by atoms with Crippen molar-refractivity contribution >= 4 is 17.0 Å². The molecule has 0 aliphatic carbocycles. The molecule has 1 aromatic carbocycles. The molecular weight excluding hydrogens is 224 g/mol. The fourth-order valence-electron chi connectivity index (χ4n) is 2.98. The van der Waals surface area contributed by atoms with Gasteiger partial charge in [-0.15, -0.1) is 0 Å². The minimum Gasteiger partial charge on any atom is -0.340 e. The molecule has 0 spiro atoms. The molecule has 18 heavy (non-hydrogen) atoms. The van der Waals surface area contributed by atoms with Crippen molar-refractivity contribution in [3.05, 3.63) is 24.3 Å². The first kappa shape index (κ1) is 11.5. The number of rotatable bonds is 1. The van der Waals surface area contributed by atoms with Crippen LogP contribution in [0, 0.1) is 5.92 Å². The van der Waals surface area contributed by atoms with Gasteiger partial charge in [0.25, 0.3) is 0 Å². The molecule has 2 heterocycles. The van der Waals surface area contributed by atoms with Gasteiger partial charge in [0.1, 0.15) is 0 Å². The molecule has 1 aliphatic rings. The molecule has 1 saturated heterocycles. The summed E-state index contributed by atoms with van der Waals surface area (Å²) in [5.41, 5.74) is 8.36. The van der Waals surface area contributed by atoms with Gasteiger partial charge in [-0.1, -0.05) is 19.1 Å². The highest BCUT2D eigenvalue weighted by Crippen LogP contribution is 2.25. The zero-order chi connectivity index (χ0) is 12.7. The Morgan fingerprint density at radius 3 is 2.78 bits per heavy atom. The summed E-state index contributed by atoms with van der Waals surface area (Å²) >= 11 is 0. The van der Waals surface area contributed by atoms with Gasteiger partial charge in [-0.3, -0.25) is 0 Å². The molecule has 0 radical (unpaired) electrons. The van der Waals surface area contributed by atoms with Crippen molar-refractivity contribution in [1.82, 2.24) is 9.55 Å². The number of hydrogen-bond acceptors (Lipinski definition) is 3. The number of para-hydroxylation sites is 2. The normalized spacial score (nSPS) is 24.7. The van der Waals surface area contributed by atoms with Crippen molar-refractivity contribution in [2.75, 3.05) is 18.0 Å². The summed E-state index contributed by atoms with van der Waals surface area (Å²) < 4.78 is 2.17. The van der Waals surface area contributed by atoms with Gasteiger partial charge < -0.3 is 15.2 Å². The van der Waals surface area contributed by atoms with Crippen molar-refractivity contribution in [1.29, 1.82) is 0 Å². The zero-order valence-corrected chi connectivity index (χ0v) is 11.0. The number of nitrogens with two attached hydrogens (primary N) is 1. The Labute approximate surface area is 107 Å². The first-order chi connectivity index (χ1) is 8.65. The molecular formula is C14H20N4. The highest BCUT2D eigenvalue weighted by Gasteiger charge is 2.25. The SMILES string of the molecule is CC1CC(N)CN(c2nc3ccccc3n2C)C1.